The van der Waals surface area contributed by atoms with Gasteiger partial charge in [-0.2, -0.15) is 0 Å². The normalized spacial score (nSPS) is 16.0. The van der Waals surface area contributed by atoms with Crippen LogP contribution in [0.25, 0.3) is 0 Å². The Kier molecular flexibility index (Phi) is 6.49. The van der Waals surface area contributed by atoms with Crippen molar-refractivity contribution in [2.24, 2.45) is 5.92 Å². The van der Waals surface area contributed by atoms with Gasteiger partial charge in [-0.05, 0) is 25.2 Å². The van der Waals surface area contributed by atoms with Gasteiger partial charge in [0.15, 0.2) is 5.13 Å². The predicted molar refractivity (Wildman–Crippen MR) is 93.3 cm³/mol. The van der Waals surface area contributed by atoms with Crippen LogP contribution in [0, 0.1) is 5.92 Å². The van der Waals surface area contributed by atoms with Crippen LogP contribution in [0.3, 0.4) is 0 Å². The van der Waals surface area contributed by atoms with Crippen molar-refractivity contribution in [3.05, 3.63) is 10.6 Å². The lowest BCUT2D eigenvalue weighted by atomic mass is 10.1. The summed E-state index contributed by atoms with van der Waals surface area (Å²) in [7, 11) is 2.21. The van der Waals surface area contributed by atoms with Gasteiger partial charge in [0.1, 0.15) is 0 Å². The van der Waals surface area contributed by atoms with E-state index in [4.69, 9.17) is 4.98 Å². The van der Waals surface area contributed by atoms with Gasteiger partial charge >= 0.3 is 0 Å². The lowest BCUT2D eigenvalue weighted by Gasteiger charge is -2.19. The summed E-state index contributed by atoms with van der Waals surface area (Å²) in [5, 5.41) is 4.75. The van der Waals surface area contributed by atoms with E-state index in [1.54, 1.807) is 0 Å². The summed E-state index contributed by atoms with van der Waals surface area (Å²) in [4.78, 5) is 8.74. The Morgan fingerprint density at radius 1 is 1.33 bits per heavy atom. The largest absolute Gasteiger partial charge is 0.351 e. The molecule has 0 saturated heterocycles. The molecule has 0 radical (unpaired) electrons. The van der Waals surface area contributed by atoms with Crippen LogP contribution in [0.2, 0.25) is 0 Å². The maximum Gasteiger partial charge on any atom is 0.185 e. The highest BCUT2D eigenvalue weighted by Gasteiger charge is 2.19. The minimum atomic E-state index is 0.529. The average molecular weight is 310 g/mol. The lowest BCUT2D eigenvalue weighted by Crippen LogP contribution is -2.23. The number of aromatic nitrogens is 1. The lowest BCUT2D eigenvalue weighted by molar-refractivity contribution is 0.546. The third-order valence-corrected chi connectivity index (χ3v) is 5.47. The highest BCUT2D eigenvalue weighted by molar-refractivity contribution is 7.15. The Bertz CT molecular complexity index is 422. The SMILES string of the molecule is CCCc1nc(N(C)CC2CCCC2)sc1CNC(C)C. The highest BCUT2D eigenvalue weighted by atomic mass is 32.1. The smallest absolute Gasteiger partial charge is 0.185 e. The Morgan fingerprint density at radius 3 is 2.67 bits per heavy atom. The van der Waals surface area contributed by atoms with Crippen LogP contribution in [-0.4, -0.2) is 24.6 Å². The topological polar surface area (TPSA) is 28.2 Å². The van der Waals surface area contributed by atoms with E-state index < -0.39 is 0 Å². The molecule has 1 aliphatic rings. The molecule has 21 heavy (non-hydrogen) atoms. The Balaban J connectivity index is 2.02. The molecule has 3 nitrogen and oxygen atoms in total. The van der Waals surface area contributed by atoms with Crippen LogP contribution in [0.1, 0.15) is 63.4 Å². The standard InChI is InChI=1S/C17H31N3S/c1-5-8-15-16(11-18-13(2)3)21-17(19-15)20(4)12-14-9-6-7-10-14/h13-14,18H,5-12H2,1-4H3. The van der Waals surface area contributed by atoms with Gasteiger partial charge in [0.25, 0.3) is 0 Å². The first-order chi connectivity index (χ1) is 10.1. The van der Waals surface area contributed by atoms with Crippen LogP contribution in [0.15, 0.2) is 0 Å². The number of hydrogen-bond donors (Lipinski definition) is 1. The Morgan fingerprint density at radius 2 is 2.05 bits per heavy atom. The zero-order valence-electron chi connectivity index (χ0n) is 14.1. The summed E-state index contributed by atoms with van der Waals surface area (Å²) >= 11 is 1.89. The van der Waals surface area contributed by atoms with Crippen molar-refractivity contribution in [2.45, 2.75) is 71.9 Å². The fourth-order valence-corrected chi connectivity index (χ4v) is 4.09. The van der Waals surface area contributed by atoms with E-state index in [-0.39, 0.29) is 0 Å². The zero-order valence-corrected chi connectivity index (χ0v) is 14.9. The number of aryl methyl sites for hydroxylation is 1. The molecule has 0 aromatic carbocycles. The quantitative estimate of drug-likeness (QED) is 0.779. The minimum Gasteiger partial charge on any atom is -0.351 e. The van der Waals surface area contributed by atoms with Crippen LogP contribution >= 0.6 is 11.3 Å². The van der Waals surface area contributed by atoms with Gasteiger partial charge in [-0.3, -0.25) is 0 Å². The highest BCUT2D eigenvalue weighted by Crippen LogP contribution is 2.30. The summed E-state index contributed by atoms with van der Waals surface area (Å²) in [5.41, 5.74) is 1.31. The molecule has 120 valence electrons. The molecule has 1 fully saturated rings. The molecule has 0 aliphatic heterocycles. The number of anilines is 1. The molecule has 1 N–H and O–H groups in total. The van der Waals surface area contributed by atoms with E-state index in [1.807, 2.05) is 11.3 Å². The average Bonchev–Trinajstić information content (AvgIpc) is 3.06. The second-order valence-corrected chi connectivity index (χ2v) is 7.74. The number of thiazole rings is 1. The van der Waals surface area contributed by atoms with Crippen molar-refractivity contribution in [2.75, 3.05) is 18.5 Å². The molecular weight excluding hydrogens is 278 g/mol. The van der Waals surface area contributed by atoms with Crippen LogP contribution in [0.4, 0.5) is 5.13 Å². The molecule has 2 rings (SSSR count). The monoisotopic (exact) mass is 309 g/mol. The maximum atomic E-state index is 4.92. The molecule has 1 saturated carbocycles. The first-order valence-electron chi connectivity index (χ1n) is 8.53. The summed E-state index contributed by atoms with van der Waals surface area (Å²) in [6, 6.07) is 0.529. The van der Waals surface area contributed by atoms with Crippen molar-refractivity contribution in [1.29, 1.82) is 0 Å². The van der Waals surface area contributed by atoms with Crippen LogP contribution in [-0.2, 0) is 13.0 Å². The molecule has 4 heteroatoms. The Hall–Kier alpha value is -0.610. The molecule has 1 heterocycles. The van der Waals surface area contributed by atoms with Crippen LogP contribution in [0.5, 0.6) is 0 Å². The molecule has 0 amide bonds. The van der Waals surface area contributed by atoms with Crippen molar-refractivity contribution < 1.29 is 0 Å². The number of rotatable bonds is 8. The van der Waals surface area contributed by atoms with Crippen molar-refractivity contribution in [3.8, 4) is 0 Å². The summed E-state index contributed by atoms with van der Waals surface area (Å²) in [6.45, 7) is 8.78. The summed E-state index contributed by atoms with van der Waals surface area (Å²) in [6.07, 6.45) is 7.91. The predicted octanol–water partition coefficient (Wildman–Crippen LogP) is 4.22. The van der Waals surface area contributed by atoms with Gasteiger partial charge in [0.05, 0.1) is 5.69 Å². The first-order valence-corrected chi connectivity index (χ1v) is 9.34. The molecule has 0 bridgehead atoms. The van der Waals surface area contributed by atoms with Gasteiger partial charge in [-0.25, -0.2) is 4.98 Å². The molecular formula is C17H31N3S. The van der Waals surface area contributed by atoms with E-state index in [0.717, 1.165) is 18.9 Å². The van der Waals surface area contributed by atoms with E-state index in [1.165, 1.54) is 54.4 Å². The number of hydrogen-bond acceptors (Lipinski definition) is 4. The van der Waals surface area contributed by atoms with Gasteiger partial charge in [0, 0.05) is 31.1 Å². The van der Waals surface area contributed by atoms with Gasteiger partial charge < -0.3 is 10.2 Å². The molecule has 1 aliphatic carbocycles. The molecule has 0 unspecified atom stereocenters. The van der Waals surface area contributed by atoms with Gasteiger partial charge in [0.2, 0.25) is 0 Å². The number of nitrogens with one attached hydrogen (secondary N) is 1. The maximum absolute atomic E-state index is 4.92. The van der Waals surface area contributed by atoms with Gasteiger partial charge in [-0.15, -0.1) is 11.3 Å². The number of nitrogens with zero attached hydrogens (tertiary/aromatic N) is 2. The van der Waals surface area contributed by atoms with E-state index in [2.05, 4.69) is 38.0 Å². The summed E-state index contributed by atoms with van der Waals surface area (Å²) < 4.78 is 0. The van der Waals surface area contributed by atoms with Crippen molar-refractivity contribution >= 4 is 16.5 Å². The second-order valence-electron chi connectivity index (χ2n) is 6.68. The third kappa shape index (κ3) is 4.96. The fraction of sp³-hybridized carbons (Fsp3) is 0.824. The molecule has 1 aromatic rings. The van der Waals surface area contributed by atoms with Crippen LogP contribution < -0.4 is 10.2 Å². The minimum absolute atomic E-state index is 0.529. The van der Waals surface area contributed by atoms with E-state index in [9.17, 15) is 0 Å². The second kappa shape index (κ2) is 8.14. The molecule has 0 spiro atoms. The summed E-state index contributed by atoms with van der Waals surface area (Å²) in [5.74, 6) is 0.880. The van der Waals surface area contributed by atoms with Crippen molar-refractivity contribution in [1.82, 2.24) is 10.3 Å². The van der Waals surface area contributed by atoms with Gasteiger partial charge in [-0.1, -0.05) is 40.0 Å². The Labute approximate surface area is 134 Å². The van der Waals surface area contributed by atoms with E-state index in [0.29, 0.717) is 6.04 Å². The first kappa shape index (κ1) is 16.8. The van der Waals surface area contributed by atoms with Crippen molar-refractivity contribution in [3.63, 3.8) is 0 Å². The molecule has 1 aromatic heterocycles. The third-order valence-electron chi connectivity index (χ3n) is 4.26. The zero-order chi connectivity index (χ0) is 15.2. The van der Waals surface area contributed by atoms with E-state index >= 15 is 0 Å². The fourth-order valence-electron chi connectivity index (χ4n) is 3.06. The molecule has 0 atom stereocenters.